The lowest BCUT2D eigenvalue weighted by Gasteiger charge is -2.14. The lowest BCUT2D eigenvalue weighted by atomic mass is 10.1. The average Bonchev–Trinajstić information content (AvgIpc) is 3.30. The number of unbranched alkanes of at least 4 members (excludes halogenated alkanes) is 1. The molecule has 0 fully saturated rings. The fourth-order valence-electron chi connectivity index (χ4n) is 5.93. The smallest absolute Gasteiger partial charge is 0.295 e. The van der Waals surface area contributed by atoms with Crippen LogP contribution in [0.25, 0.3) is 10.8 Å². The Morgan fingerprint density at radius 1 is 0.591 bits per heavy atom. The molecular weight excluding hydrogens is 877 g/mol. The number of nitrogens with zero attached hydrogens (tertiary/aromatic N) is 3. The molecule has 0 aliphatic heterocycles. The molecule has 0 unspecified atom stereocenters. The van der Waals surface area contributed by atoms with Gasteiger partial charge in [0, 0.05) is 61.4 Å². The number of azo groups is 1. The number of nitrogens with two attached hydrogens (primary N) is 1. The molecule has 4 aromatic rings. The first-order valence-electron chi connectivity index (χ1n) is 20.7. The third-order valence-electron chi connectivity index (χ3n) is 9.47. The second-order valence-corrected chi connectivity index (χ2v) is 16.1. The van der Waals surface area contributed by atoms with Gasteiger partial charge in [0.1, 0.15) is 4.90 Å². The number of benzene rings is 4. The van der Waals surface area contributed by atoms with Crippen LogP contribution in [0, 0.1) is 0 Å². The van der Waals surface area contributed by atoms with Crippen molar-refractivity contribution in [3.63, 3.8) is 0 Å². The van der Waals surface area contributed by atoms with Crippen molar-refractivity contribution < 1.29 is 46.5 Å². The molecule has 4 rings (SSSR count). The normalized spacial score (nSPS) is 11.5. The number of carbonyl (C=O) groups excluding carboxylic acids is 7. The van der Waals surface area contributed by atoms with Gasteiger partial charge in [-0.05, 0) is 79.9 Å². The van der Waals surface area contributed by atoms with E-state index in [1.54, 1.807) is 36.4 Å². The number of anilines is 2. The highest BCUT2D eigenvalue weighted by molar-refractivity contribution is 7.86. The predicted molar refractivity (Wildman–Crippen MR) is 246 cm³/mol. The van der Waals surface area contributed by atoms with Crippen LogP contribution in [0.15, 0.2) is 100 Å². The zero-order valence-electron chi connectivity index (χ0n) is 36.4. The summed E-state index contributed by atoms with van der Waals surface area (Å²) in [5, 5.41) is 29.5. The lowest BCUT2D eigenvalue weighted by molar-refractivity contribution is -0.129. The summed E-state index contributed by atoms with van der Waals surface area (Å²) in [6, 6.07) is 22.5. The lowest BCUT2D eigenvalue weighted by Crippen LogP contribution is -2.46. The number of hydrogen-bond acceptors (Lipinski definition) is 14. The summed E-state index contributed by atoms with van der Waals surface area (Å²) in [4.78, 5) is 87.3. The second kappa shape index (κ2) is 25.7. The Bertz CT molecular complexity index is 2480. The third-order valence-corrected chi connectivity index (χ3v) is 10.4. The Morgan fingerprint density at radius 3 is 1.64 bits per heavy atom. The first kappa shape index (κ1) is 51.1. The van der Waals surface area contributed by atoms with Gasteiger partial charge in [-0.25, -0.2) is 0 Å². The number of nitrogens with one attached hydrogen (secondary N) is 8. The highest BCUT2D eigenvalue weighted by atomic mass is 32.2. The SMILES string of the molecule is CN(C)c1ccc(N=Nc2ccc(C(=O)NCC(=O)NCC(=O)NCC(=O)NCC(=O)NCC(=O)NCCCC[C@H](N)C(=O)NCCNc3cccc4c(S(=O)(=O)O)cccc34)cc2)cc1. The van der Waals surface area contributed by atoms with Gasteiger partial charge in [-0.1, -0.05) is 24.3 Å². The molecule has 66 heavy (non-hydrogen) atoms. The molecule has 0 saturated heterocycles. The van der Waals surface area contributed by atoms with Gasteiger partial charge in [0.25, 0.3) is 16.0 Å². The molecule has 1 atom stereocenters. The van der Waals surface area contributed by atoms with Gasteiger partial charge < -0.3 is 53.2 Å². The van der Waals surface area contributed by atoms with Gasteiger partial charge in [-0.15, -0.1) is 0 Å². The standard InChI is InChI=1S/C43H54N12O10S/c1-55(2)31-18-16-30(17-19-31)54-53-29-14-12-28(13-15-29)42(61)52-27-41(60)51-26-40(59)50-25-39(58)49-24-38(57)48-23-37(56)46-20-4-3-9-34(44)43(62)47-22-21-45-35-10-5-8-33-32(35)7-6-11-36(33)66(63,64)65/h5-8,10-19,34,45H,3-4,9,20-27,44H2,1-2H3,(H,46,56)(H,47,62)(H,48,57)(H,49,58)(H,50,59)(H,51,60)(H,52,61)(H,63,64,65)/t34-/m0/s1. The van der Waals surface area contributed by atoms with Crippen LogP contribution in [0.3, 0.4) is 0 Å². The maximum atomic E-state index is 12.5. The minimum atomic E-state index is -4.41. The Kier molecular flexibility index (Phi) is 19.9. The zero-order valence-corrected chi connectivity index (χ0v) is 37.2. The fourth-order valence-corrected chi connectivity index (χ4v) is 6.63. The largest absolute Gasteiger partial charge is 0.383 e. The summed E-state index contributed by atoms with van der Waals surface area (Å²) in [6.45, 7) is -1.38. The van der Waals surface area contributed by atoms with Gasteiger partial charge in [0.15, 0.2) is 0 Å². The van der Waals surface area contributed by atoms with Crippen molar-refractivity contribution in [3.8, 4) is 0 Å². The van der Waals surface area contributed by atoms with E-state index in [9.17, 15) is 46.5 Å². The van der Waals surface area contributed by atoms with Crippen LogP contribution in [-0.4, -0.2) is 127 Å². The second-order valence-electron chi connectivity index (χ2n) is 14.7. The van der Waals surface area contributed by atoms with Gasteiger partial charge >= 0.3 is 0 Å². The van der Waals surface area contributed by atoms with E-state index in [1.165, 1.54) is 24.3 Å². The molecule has 0 bridgehead atoms. The maximum absolute atomic E-state index is 12.5. The minimum Gasteiger partial charge on any atom is -0.383 e. The van der Waals surface area contributed by atoms with Gasteiger partial charge in [0.2, 0.25) is 35.4 Å². The molecule has 22 nitrogen and oxygen atoms in total. The predicted octanol–water partition coefficient (Wildman–Crippen LogP) is 0.605. The molecule has 4 aromatic carbocycles. The summed E-state index contributed by atoms with van der Waals surface area (Å²) >= 11 is 0. The Hall–Kier alpha value is -7.50. The number of hydrogen-bond donors (Lipinski definition) is 10. The fraction of sp³-hybridized carbons (Fsp3) is 0.326. The molecule has 0 aliphatic carbocycles. The van der Waals surface area contributed by atoms with Crippen LogP contribution in [0.4, 0.5) is 22.7 Å². The summed E-state index contributed by atoms with van der Waals surface area (Å²) in [6.07, 6.45) is 1.39. The molecule has 7 amide bonds. The Balaban J connectivity index is 0.979. The number of carbonyl (C=O) groups is 7. The zero-order chi connectivity index (χ0) is 48.1. The number of amides is 7. The van der Waals surface area contributed by atoms with E-state index in [4.69, 9.17) is 5.73 Å². The molecule has 0 heterocycles. The molecule has 23 heteroatoms. The topological polar surface area (TPSA) is 324 Å². The van der Waals surface area contributed by atoms with Crippen LogP contribution >= 0.6 is 0 Å². The van der Waals surface area contributed by atoms with Crippen molar-refractivity contribution in [1.82, 2.24) is 37.2 Å². The monoisotopic (exact) mass is 930 g/mol. The number of fused-ring (bicyclic) bond motifs is 1. The van der Waals surface area contributed by atoms with E-state index in [2.05, 4.69) is 52.8 Å². The van der Waals surface area contributed by atoms with Gasteiger partial charge in [-0.2, -0.15) is 18.6 Å². The molecule has 0 saturated carbocycles. The summed E-state index contributed by atoms with van der Waals surface area (Å²) in [5.41, 5.74) is 9.11. The molecule has 352 valence electrons. The van der Waals surface area contributed by atoms with Crippen molar-refractivity contribution in [2.75, 3.05) is 76.7 Å². The average molecular weight is 931 g/mol. The van der Waals surface area contributed by atoms with Crippen LogP contribution < -0.4 is 53.2 Å². The quantitative estimate of drug-likeness (QED) is 0.0248. The van der Waals surface area contributed by atoms with Gasteiger partial charge in [0.05, 0.1) is 50.1 Å². The highest BCUT2D eigenvalue weighted by Crippen LogP contribution is 2.28. The van der Waals surface area contributed by atoms with Gasteiger partial charge in [-0.3, -0.25) is 38.1 Å². The van der Waals surface area contributed by atoms with E-state index < -0.39 is 77.8 Å². The maximum Gasteiger partial charge on any atom is 0.295 e. The number of rotatable bonds is 25. The van der Waals surface area contributed by atoms with Crippen LogP contribution in [0.1, 0.15) is 29.6 Å². The van der Waals surface area contributed by atoms with E-state index in [0.29, 0.717) is 53.6 Å². The summed E-state index contributed by atoms with van der Waals surface area (Å²) < 4.78 is 33.0. The Labute approximate surface area is 381 Å². The van der Waals surface area contributed by atoms with Crippen molar-refractivity contribution >= 4 is 85.0 Å². The van der Waals surface area contributed by atoms with E-state index in [1.807, 2.05) is 43.3 Å². The van der Waals surface area contributed by atoms with E-state index in [0.717, 1.165) is 5.69 Å². The summed E-state index contributed by atoms with van der Waals surface area (Å²) in [5.74, 6) is -4.06. The summed E-state index contributed by atoms with van der Waals surface area (Å²) in [7, 11) is -0.538. The van der Waals surface area contributed by atoms with Crippen molar-refractivity contribution in [1.29, 1.82) is 0 Å². The Morgan fingerprint density at radius 2 is 1.09 bits per heavy atom. The molecule has 0 radical (unpaired) electrons. The van der Waals surface area contributed by atoms with Crippen LogP contribution in [0.5, 0.6) is 0 Å². The first-order chi connectivity index (χ1) is 31.5. The molecule has 0 spiro atoms. The molecular formula is C43H54N12O10S. The molecule has 0 aromatic heterocycles. The van der Waals surface area contributed by atoms with Crippen molar-refractivity contribution in [3.05, 3.63) is 90.5 Å². The first-order valence-corrected chi connectivity index (χ1v) is 22.1. The minimum absolute atomic E-state index is 0.204. The van der Waals surface area contributed by atoms with Crippen molar-refractivity contribution in [2.45, 2.75) is 30.2 Å². The van der Waals surface area contributed by atoms with E-state index >= 15 is 0 Å². The molecule has 11 N–H and O–H groups in total. The van der Waals surface area contributed by atoms with E-state index in [-0.39, 0.29) is 36.0 Å². The van der Waals surface area contributed by atoms with Crippen LogP contribution in [-0.2, 0) is 38.9 Å². The highest BCUT2D eigenvalue weighted by Gasteiger charge is 2.16. The third kappa shape index (κ3) is 17.6. The molecule has 0 aliphatic rings. The van der Waals surface area contributed by atoms with Crippen LogP contribution in [0.2, 0.25) is 0 Å². The van der Waals surface area contributed by atoms with Crippen molar-refractivity contribution in [2.24, 2.45) is 16.0 Å².